The molecule has 0 aromatic rings. The largest absolute Gasteiger partial charge is 0.390 e. The molecule has 5 rings (SSSR count). The second-order valence-electron chi connectivity index (χ2n) is 12.9. The predicted octanol–water partition coefficient (Wildman–Crippen LogP) is 4.07. The van der Waals surface area contributed by atoms with Crippen LogP contribution in [0.2, 0.25) is 0 Å². The molecular formula is C27H46N2O2. The van der Waals surface area contributed by atoms with Crippen molar-refractivity contribution in [2.24, 2.45) is 46.8 Å². The minimum Gasteiger partial charge on any atom is -0.390 e. The van der Waals surface area contributed by atoms with Crippen molar-refractivity contribution < 1.29 is 9.90 Å². The van der Waals surface area contributed by atoms with Crippen LogP contribution >= 0.6 is 0 Å². The number of fused-ring (bicyclic) bond motifs is 5. The Bertz CT molecular complexity index is 685. The smallest absolute Gasteiger partial charge is 0.150 e. The van der Waals surface area contributed by atoms with Crippen LogP contribution in [0, 0.1) is 46.8 Å². The van der Waals surface area contributed by atoms with Crippen LogP contribution in [0.25, 0.3) is 0 Å². The van der Waals surface area contributed by atoms with Crippen LogP contribution in [0.1, 0.15) is 72.1 Å². The average molecular weight is 431 g/mol. The van der Waals surface area contributed by atoms with Gasteiger partial charge in [-0.15, -0.1) is 0 Å². The number of carbonyl (C=O) groups is 1. The number of likely N-dealkylation sites (N-methyl/N-ethyl adjacent to an activating group) is 1. The second-order valence-corrected chi connectivity index (χ2v) is 12.9. The Morgan fingerprint density at radius 3 is 2.45 bits per heavy atom. The predicted molar refractivity (Wildman–Crippen MR) is 125 cm³/mol. The van der Waals surface area contributed by atoms with Crippen LogP contribution in [0.3, 0.4) is 0 Å². The Balaban J connectivity index is 1.27. The number of aliphatic hydroxyl groups is 1. The molecule has 1 saturated heterocycles. The van der Waals surface area contributed by atoms with Gasteiger partial charge in [0.05, 0.1) is 12.1 Å². The second kappa shape index (κ2) is 8.09. The molecule has 0 radical (unpaired) electrons. The van der Waals surface area contributed by atoms with E-state index in [0.29, 0.717) is 24.2 Å². The zero-order valence-electron chi connectivity index (χ0n) is 20.5. The summed E-state index contributed by atoms with van der Waals surface area (Å²) in [6.45, 7) is 11.8. The zero-order valence-corrected chi connectivity index (χ0v) is 20.5. The first kappa shape index (κ1) is 22.3. The van der Waals surface area contributed by atoms with Crippen molar-refractivity contribution in [2.75, 3.05) is 39.8 Å². The fraction of sp³-hybridized carbons (Fsp3) is 0.963. The lowest BCUT2D eigenvalue weighted by atomic mass is 9.48. The van der Waals surface area contributed by atoms with Gasteiger partial charge in [0.15, 0.2) is 0 Å². The molecule has 5 fully saturated rings. The van der Waals surface area contributed by atoms with E-state index >= 15 is 0 Å². The molecule has 0 aromatic carbocycles. The SMILES string of the molecule is C[C@H]1C[C@H]2[C@@H](CC[C@@H]3[C@@H]2CC[C@]2(C)[C@@H](C(=O)CN4CCN(C)CC4)CC[C@@H]32)C[C@]1(C)O. The van der Waals surface area contributed by atoms with Crippen molar-refractivity contribution in [1.29, 1.82) is 0 Å². The number of Topliss-reactive ketones (excluding diaryl/α,β-unsaturated/α-hetero) is 1. The highest BCUT2D eigenvalue weighted by Gasteiger charge is 2.59. The standard InChI is InChI=1S/C27H46N2O2/c1-18-15-22-19(16-27(18,3)31)5-6-21-20(22)9-10-26(2)23(21)7-8-24(26)25(30)17-29-13-11-28(4)12-14-29/h18-24,31H,5-17H2,1-4H3/t18-,19-,20-,21+,22-,23-,24+,26-,27-/m0/s1. The maximum Gasteiger partial charge on any atom is 0.150 e. The Labute approximate surface area is 190 Å². The van der Waals surface area contributed by atoms with Gasteiger partial charge < -0.3 is 10.0 Å². The van der Waals surface area contributed by atoms with Gasteiger partial charge >= 0.3 is 0 Å². The summed E-state index contributed by atoms with van der Waals surface area (Å²) in [7, 11) is 2.18. The van der Waals surface area contributed by atoms with Crippen LogP contribution in [0.15, 0.2) is 0 Å². The molecule has 5 aliphatic rings. The van der Waals surface area contributed by atoms with Crippen LogP contribution < -0.4 is 0 Å². The quantitative estimate of drug-likeness (QED) is 0.733. The maximum atomic E-state index is 13.5. The van der Waals surface area contributed by atoms with Crippen LogP contribution in [-0.4, -0.2) is 66.1 Å². The number of hydrogen-bond donors (Lipinski definition) is 1. The van der Waals surface area contributed by atoms with Crippen LogP contribution in [0.5, 0.6) is 0 Å². The van der Waals surface area contributed by atoms with E-state index in [1.807, 2.05) is 0 Å². The molecule has 9 atom stereocenters. The van der Waals surface area contributed by atoms with Crippen molar-refractivity contribution in [3.63, 3.8) is 0 Å². The van der Waals surface area contributed by atoms with E-state index in [1.54, 1.807) is 0 Å². The average Bonchev–Trinajstić information content (AvgIpc) is 3.08. The summed E-state index contributed by atoms with van der Waals surface area (Å²) < 4.78 is 0. The first-order valence-electron chi connectivity index (χ1n) is 13.3. The Morgan fingerprint density at radius 1 is 0.968 bits per heavy atom. The lowest BCUT2D eigenvalue weighted by Crippen LogP contribution is -2.53. The summed E-state index contributed by atoms with van der Waals surface area (Å²) in [4.78, 5) is 18.3. The number of ketones is 1. The zero-order chi connectivity index (χ0) is 22.0. The maximum absolute atomic E-state index is 13.5. The van der Waals surface area contributed by atoms with Crippen LogP contribution in [-0.2, 0) is 4.79 Å². The van der Waals surface area contributed by atoms with Gasteiger partial charge in [0.1, 0.15) is 5.78 Å². The fourth-order valence-corrected chi connectivity index (χ4v) is 9.11. The molecule has 1 heterocycles. The molecule has 31 heavy (non-hydrogen) atoms. The van der Waals surface area contributed by atoms with Gasteiger partial charge in [-0.2, -0.15) is 0 Å². The number of piperazine rings is 1. The van der Waals surface area contributed by atoms with E-state index in [9.17, 15) is 9.90 Å². The molecule has 0 spiro atoms. The molecule has 1 N–H and O–H groups in total. The van der Waals surface area contributed by atoms with Crippen molar-refractivity contribution in [3.8, 4) is 0 Å². The molecule has 0 bridgehead atoms. The fourth-order valence-electron chi connectivity index (χ4n) is 9.11. The Hall–Kier alpha value is -0.450. The van der Waals surface area contributed by atoms with Gasteiger partial charge in [-0.3, -0.25) is 9.69 Å². The van der Waals surface area contributed by atoms with Gasteiger partial charge in [0.2, 0.25) is 0 Å². The summed E-state index contributed by atoms with van der Waals surface area (Å²) in [5.41, 5.74) is -0.227. The highest BCUT2D eigenvalue weighted by molar-refractivity contribution is 5.84. The molecule has 4 saturated carbocycles. The molecule has 4 heteroatoms. The lowest BCUT2D eigenvalue weighted by Gasteiger charge is -2.58. The summed E-state index contributed by atoms with van der Waals surface area (Å²) in [5, 5.41) is 10.9. The third-order valence-electron chi connectivity index (χ3n) is 11.2. The number of hydrogen-bond acceptors (Lipinski definition) is 4. The molecule has 4 aliphatic carbocycles. The van der Waals surface area contributed by atoms with Gasteiger partial charge in [-0.05, 0) is 106 Å². The first-order chi connectivity index (χ1) is 14.7. The van der Waals surface area contributed by atoms with Crippen molar-refractivity contribution >= 4 is 5.78 Å². The van der Waals surface area contributed by atoms with E-state index in [-0.39, 0.29) is 5.41 Å². The van der Waals surface area contributed by atoms with E-state index in [1.165, 1.54) is 38.5 Å². The summed E-state index contributed by atoms with van der Waals surface area (Å²) in [6, 6.07) is 0. The highest BCUT2D eigenvalue weighted by Crippen LogP contribution is 2.65. The van der Waals surface area contributed by atoms with E-state index < -0.39 is 5.60 Å². The summed E-state index contributed by atoms with van der Waals surface area (Å²) in [5.74, 6) is 5.24. The molecule has 0 aromatic heterocycles. The molecule has 176 valence electrons. The molecule has 4 nitrogen and oxygen atoms in total. The monoisotopic (exact) mass is 430 g/mol. The summed E-state index contributed by atoms with van der Waals surface area (Å²) in [6.07, 6.45) is 9.87. The Kier molecular flexibility index (Phi) is 5.84. The molecule has 1 aliphatic heterocycles. The third kappa shape index (κ3) is 3.83. The first-order valence-corrected chi connectivity index (χ1v) is 13.3. The van der Waals surface area contributed by atoms with Crippen molar-refractivity contribution in [3.05, 3.63) is 0 Å². The number of carbonyl (C=O) groups excluding carboxylic acids is 1. The van der Waals surface area contributed by atoms with E-state index in [2.05, 4.69) is 37.6 Å². The Morgan fingerprint density at radius 2 is 1.71 bits per heavy atom. The van der Waals surface area contributed by atoms with Gasteiger partial charge in [0, 0.05) is 32.1 Å². The van der Waals surface area contributed by atoms with Crippen molar-refractivity contribution in [2.45, 2.75) is 77.7 Å². The van der Waals surface area contributed by atoms with Crippen LogP contribution in [0.4, 0.5) is 0 Å². The number of nitrogens with zero attached hydrogens (tertiary/aromatic N) is 2. The van der Waals surface area contributed by atoms with Gasteiger partial charge in [-0.25, -0.2) is 0 Å². The molecular weight excluding hydrogens is 384 g/mol. The third-order valence-corrected chi connectivity index (χ3v) is 11.2. The summed E-state index contributed by atoms with van der Waals surface area (Å²) >= 11 is 0. The highest BCUT2D eigenvalue weighted by atomic mass is 16.3. The molecule has 0 unspecified atom stereocenters. The minimum atomic E-state index is -0.467. The van der Waals surface area contributed by atoms with Gasteiger partial charge in [0.25, 0.3) is 0 Å². The normalized spacial score (nSPS) is 51.1. The minimum absolute atomic E-state index is 0.240. The van der Waals surface area contributed by atoms with E-state index in [0.717, 1.165) is 68.6 Å². The topological polar surface area (TPSA) is 43.8 Å². The van der Waals surface area contributed by atoms with Crippen molar-refractivity contribution in [1.82, 2.24) is 9.80 Å². The lowest BCUT2D eigenvalue weighted by molar-refractivity contribution is -0.137. The number of rotatable bonds is 3. The van der Waals surface area contributed by atoms with Gasteiger partial charge in [-0.1, -0.05) is 13.8 Å². The molecule has 0 amide bonds. The van der Waals surface area contributed by atoms with E-state index in [4.69, 9.17) is 0 Å².